The lowest BCUT2D eigenvalue weighted by molar-refractivity contribution is -0.274. The zero-order valence-corrected chi connectivity index (χ0v) is 15.1. The third kappa shape index (κ3) is 6.42. The number of benzene rings is 1. The normalized spacial score (nSPS) is 22.7. The fourth-order valence-corrected chi connectivity index (χ4v) is 2.92. The van der Waals surface area contributed by atoms with Crippen molar-refractivity contribution in [2.75, 3.05) is 6.61 Å². The van der Waals surface area contributed by atoms with E-state index in [0.717, 1.165) is 18.2 Å². The molecule has 0 spiro atoms. The van der Waals surface area contributed by atoms with Gasteiger partial charge in [-0.15, -0.1) is 13.2 Å². The molecule has 30 heavy (non-hydrogen) atoms. The lowest BCUT2D eigenvalue weighted by Gasteiger charge is -2.22. The second-order valence-electron chi connectivity index (χ2n) is 6.71. The summed E-state index contributed by atoms with van der Waals surface area (Å²) in [7, 11) is 0. The van der Waals surface area contributed by atoms with Crippen LogP contribution in [0.5, 0.6) is 5.75 Å². The molecule has 1 saturated carbocycles. The van der Waals surface area contributed by atoms with Crippen molar-refractivity contribution in [1.82, 2.24) is 5.32 Å². The largest absolute Gasteiger partial charge is 0.573 e. The zero-order chi connectivity index (χ0) is 22.7. The number of nitrogens with one attached hydrogen (secondary N) is 1. The first-order valence-electron chi connectivity index (χ1n) is 8.53. The van der Waals surface area contributed by atoms with Gasteiger partial charge >= 0.3 is 19.2 Å². The van der Waals surface area contributed by atoms with Gasteiger partial charge in [0.15, 0.2) is 0 Å². The van der Waals surface area contributed by atoms with Gasteiger partial charge in [0.1, 0.15) is 5.75 Å². The minimum Gasteiger partial charge on any atom is -0.406 e. The number of halogens is 8. The summed E-state index contributed by atoms with van der Waals surface area (Å²) in [6, 6.07) is 2.69. The Hall–Kier alpha value is -2.15. The van der Waals surface area contributed by atoms with E-state index in [-0.39, 0.29) is 5.56 Å². The van der Waals surface area contributed by atoms with Crippen LogP contribution in [0, 0.1) is 5.41 Å². The predicted molar refractivity (Wildman–Crippen MR) is 84.3 cm³/mol. The van der Waals surface area contributed by atoms with Gasteiger partial charge in [0.25, 0.3) is 0 Å². The summed E-state index contributed by atoms with van der Waals surface area (Å²) in [5.74, 6) is -1.67. The number of carbonyl (C=O) groups excluding carboxylic acids is 1. The van der Waals surface area contributed by atoms with Crippen LogP contribution in [0.1, 0.15) is 30.9 Å². The Bertz CT molecular complexity index is 739. The number of hydrogen-bond donors (Lipinski definition) is 2. The number of carbonyl (C=O) groups is 1. The van der Waals surface area contributed by atoms with Crippen molar-refractivity contribution in [1.29, 1.82) is 0 Å². The van der Waals surface area contributed by atoms with Crippen molar-refractivity contribution in [2.24, 2.45) is 5.41 Å². The van der Waals surface area contributed by atoms with Gasteiger partial charge in [-0.2, -0.15) is 22.0 Å². The SMILES string of the molecule is O=C(CC[C@]1(C(F)(F)F)C[C@@H]1O)N[C@@H](COC(F)F)c1cccc(OC(F)(F)F)c1. The molecule has 1 aromatic rings. The minimum atomic E-state index is -5.02. The molecule has 0 radical (unpaired) electrons. The Balaban J connectivity index is 2.08. The first-order valence-corrected chi connectivity index (χ1v) is 8.53. The molecule has 13 heteroatoms. The van der Waals surface area contributed by atoms with Crippen LogP contribution in [0.25, 0.3) is 0 Å². The number of amides is 1. The van der Waals surface area contributed by atoms with Crippen molar-refractivity contribution in [3.63, 3.8) is 0 Å². The van der Waals surface area contributed by atoms with Crippen molar-refractivity contribution in [3.05, 3.63) is 29.8 Å². The van der Waals surface area contributed by atoms with E-state index in [1.807, 2.05) is 0 Å². The summed E-state index contributed by atoms with van der Waals surface area (Å²) in [6.45, 7) is -4.11. The Kier molecular flexibility index (Phi) is 7.17. The molecule has 1 fully saturated rings. The monoisotopic (exact) mass is 451 g/mol. The molecule has 0 unspecified atom stereocenters. The Morgan fingerprint density at radius 1 is 1.23 bits per heavy atom. The van der Waals surface area contributed by atoms with E-state index in [1.165, 1.54) is 6.07 Å². The average Bonchev–Trinajstić information content (AvgIpc) is 3.27. The molecule has 0 saturated heterocycles. The molecular formula is C17H17F8NO4. The topological polar surface area (TPSA) is 67.8 Å². The van der Waals surface area contributed by atoms with Crippen molar-refractivity contribution in [3.8, 4) is 5.75 Å². The van der Waals surface area contributed by atoms with Gasteiger partial charge in [-0.1, -0.05) is 12.1 Å². The van der Waals surface area contributed by atoms with Gasteiger partial charge in [0.05, 0.1) is 24.2 Å². The minimum absolute atomic E-state index is 0.0947. The first kappa shape index (κ1) is 24.1. The number of alkyl halides is 8. The molecule has 5 nitrogen and oxygen atoms in total. The number of rotatable bonds is 9. The van der Waals surface area contributed by atoms with Crippen LogP contribution < -0.4 is 10.1 Å². The number of aliphatic hydroxyl groups is 1. The number of hydrogen-bond acceptors (Lipinski definition) is 4. The van der Waals surface area contributed by atoms with Gasteiger partial charge in [-0.3, -0.25) is 4.79 Å². The van der Waals surface area contributed by atoms with E-state index in [9.17, 15) is 45.0 Å². The average molecular weight is 451 g/mol. The van der Waals surface area contributed by atoms with Crippen molar-refractivity contribution in [2.45, 2.75) is 50.6 Å². The molecule has 2 rings (SSSR count). The van der Waals surface area contributed by atoms with Crippen LogP contribution in [0.2, 0.25) is 0 Å². The maximum atomic E-state index is 13.0. The van der Waals surface area contributed by atoms with Gasteiger partial charge in [0.2, 0.25) is 5.91 Å². The Morgan fingerprint density at radius 2 is 1.87 bits per heavy atom. The quantitative estimate of drug-likeness (QED) is 0.556. The lowest BCUT2D eigenvalue weighted by Crippen LogP contribution is -2.34. The van der Waals surface area contributed by atoms with E-state index in [1.54, 1.807) is 0 Å². The fourth-order valence-electron chi connectivity index (χ4n) is 2.92. The maximum Gasteiger partial charge on any atom is 0.573 e. The van der Waals surface area contributed by atoms with Crippen molar-refractivity contribution >= 4 is 5.91 Å². The van der Waals surface area contributed by atoms with Crippen LogP contribution in [0.3, 0.4) is 0 Å². The van der Waals surface area contributed by atoms with Gasteiger partial charge in [-0.25, -0.2) is 0 Å². The molecule has 1 aliphatic carbocycles. The summed E-state index contributed by atoms with van der Waals surface area (Å²) >= 11 is 0. The molecule has 170 valence electrons. The molecule has 1 aliphatic rings. The van der Waals surface area contributed by atoms with E-state index < -0.39 is 74.2 Å². The maximum absolute atomic E-state index is 13.0. The summed E-state index contributed by atoms with van der Waals surface area (Å²) in [6.07, 6.45) is -13.4. The lowest BCUT2D eigenvalue weighted by atomic mass is 9.98. The van der Waals surface area contributed by atoms with Gasteiger partial charge < -0.3 is 19.9 Å². The summed E-state index contributed by atoms with van der Waals surface area (Å²) in [5.41, 5.74) is -2.50. The molecular weight excluding hydrogens is 434 g/mol. The van der Waals surface area contributed by atoms with E-state index in [0.29, 0.717) is 0 Å². The third-order valence-corrected chi connectivity index (χ3v) is 4.62. The van der Waals surface area contributed by atoms with Crippen LogP contribution in [0.4, 0.5) is 35.1 Å². The highest BCUT2D eigenvalue weighted by atomic mass is 19.4. The molecule has 2 N–H and O–H groups in total. The van der Waals surface area contributed by atoms with E-state index in [2.05, 4.69) is 14.8 Å². The molecule has 1 aromatic carbocycles. The number of ether oxygens (including phenoxy) is 2. The molecule has 1 amide bonds. The molecule has 0 aromatic heterocycles. The highest BCUT2D eigenvalue weighted by Crippen LogP contribution is 2.60. The first-order chi connectivity index (χ1) is 13.7. The van der Waals surface area contributed by atoms with Crippen molar-refractivity contribution < 1.29 is 54.5 Å². The highest BCUT2D eigenvalue weighted by molar-refractivity contribution is 5.76. The fraction of sp³-hybridized carbons (Fsp3) is 0.588. The number of aliphatic hydroxyl groups excluding tert-OH is 1. The summed E-state index contributed by atoms with van der Waals surface area (Å²) < 4.78 is 109. The standard InChI is InChI=1S/C17H17F8NO4/c18-14(19)29-8-11(9-2-1-3-10(6-9)30-17(23,24)25)26-13(28)4-5-15(7-12(15)27)16(20,21)22/h1-3,6,11-12,14,27H,4-5,7-8H2,(H,26,28)/t11-,12-,15-/m0/s1. The van der Waals surface area contributed by atoms with Crippen LogP contribution in [-0.2, 0) is 9.53 Å². The second-order valence-corrected chi connectivity index (χ2v) is 6.71. The molecule has 3 atom stereocenters. The zero-order valence-electron chi connectivity index (χ0n) is 15.1. The van der Waals surface area contributed by atoms with Crippen LogP contribution in [0.15, 0.2) is 24.3 Å². The third-order valence-electron chi connectivity index (χ3n) is 4.62. The van der Waals surface area contributed by atoms with Gasteiger partial charge in [0, 0.05) is 6.42 Å². The Morgan fingerprint density at radius 3 is 2.37 bits per heavy atom. The molecule has 0 heterocycles. The molecule has 0 bridgehead atoms. The highest BCUT2D eigenvalue weighted by Gasteiger charge is 2.69. The Labute approximate surface area is 164 Å². The second kappa shape index (κ2) is 8.92. The van der Waals surface area contributed by atoms with Gasteiger partial charge in [-0.05, 0) is 30.5 Å². The van der Waals surface area contributed by atoms with Crippen LogP contribution >= 0.6 is 0 Å². The van der Waals surface area contributed by atoms with E-state index in [4.69, 9.17) is 0 Å². The van der Waals surface area contributed by atoms with Crippen LogP contribution in [-0.4, -0.2) is 42.9 Å². The van der Waals surface area contributed by atoms with E-state index >= 15 is 0 Å². The smallest absolute Gasteiger partial charge is 0.406 e. The summed E-state index contributed by atoms with van der Waals surface area (Å²) in [4.78, 5) is 12.1. The predicted octanol–water partition coefficient (Wildman–Crippen LogP) is 4.08. The summed E-state index contributed by atoms with van der Waals surface area (Å²) in [5, 5.41) is 11.5. The molecule has 0 aliphatic heterocycles.